The minimum atomic E-state index is -1.87. The Labute approximate surface area is 112 Å². The van der Waals surface area contributed by atoms with Gasteiger partial charge in [0.1, 0.15) is 11.6 Å². The summed E-state index contributed by atoms with van der Waals surface area (Å²) in [6, 6.07) is 3.86. The van der Waals surface area contributed by atoms with Gasteiger partial charge < -0.3 is 15.3 Å². The van der Waals surface area contributed by atoms with Gasteiger partial charge in [0.2, 0.25) is 0 Å². The van der Waals surface area contributed by atoms with E-state index in [0.717, 1.165) is 6.07 Å². The van der Waals surface area contributed by atoms with Crippen molar-refractivity contribution in [3.05, 3.63) is 40.2 Å². The highest BCUT2D eigenvalue weighted by Gasteiger charge is 2.24. The third-order valence-electron chi connectivity index (χ3n) is 2.91. The van der Waals surface area contributed by atoms with E-state index in [1.54, 1.807) is 0 Å². The number of aryl methyl sites for hydroxylation is 1. The normalized spacial score (nSPS) is 12.6. The van der Waals surface area contributed by atoms with Crippen LogP contribution in [0.1, 0.15) is 17.2 Å². The maximum Gasteiger partial charge on any atom is 0.337 e. The number of halogens is 2. The molecule has 0 amide bonds. The predicted molar refractivity (Wildman–Crippen MR) is 67.9 cm³/mol. The Kier molecular flexibility index (Phi) is 3.34. The van der Waals surface area contributed by atoms with Crippen LogP contribution in [-0.2, 0) is 4.79 Å². The molecular weight excluding hydrogens is 275 g/mol. The number of carbonyl (C=O) groups is 1. The standard InChI is InChI=1S/C13H10ClFO4/c1-5-2-6-3-8(14)9(15)4-7(6)11(16)10(5)12(17)13(18)19/h2-4,12,16-17H,1H3,(H,18,19). The number of aromatic hydroxyl groups is 1. The minimum absolute atomic E-state index is 0.0992. The molecule has 0 aliphatic carbocycles. The molecule has 0 radical (unpaired) electrons. The van der Waals surface area contributed by atoms with E-state index in [2.05, 4.69) is 0 Å². The van der Waals surface area contributed by atoms with Crippen molar-refractivity contribution in [3.63, 3.8) is 0 Å². The first-order valence-corrected chi connectivity index (χ1v) is 5.72. The van der Waals surface area contributed by atoms with Crippen molar-refractivity contribution in [2.75, 3.05) is 0 Å². The zero-order valence-electron chi connectivity index (χ0n) is 9.82. The number of hydrogen-bond acceptors (Lipinski definition) is 3. The monoisotopic (exact) mass is 284 g/mol. The molecule has 6 heteroatoms. The number of carboxylic acid groups (broad SMARTS) is 1. The fourth-order valence-corrected chi connectivity index (χ4v) is 2.17. The van der Waals surface area contributed by atoms with Gasteiger partial charge in [0.25, 0.3) is 0 Å². The molecule has 0 saturated heterocycles. The van der Waals surface area contributed by atoms with Crippen LogP contribution in [0.25, 0.3) is 10.8 Å². The van der Waals surface area contributed by atoms with Crippen molar-refractivity contribution >= 4 is 28.3 Å². The molecule has 2 aromatic carbocycles. The van der Waals surface area contributed by atoms with Crippen molar-refractivity contribution in [1.82, 2.24) is 0 Å². The van der Waals surface area contributed by atoms with Crippen molar-refractivity contribution in [1.29, 1.82) is 0 Å². The Morgan fingerprint density at radius 2 is 2.00 bits per heavy atom. The number of fused-ring (bicyclic) bond motifs is 1. The first kappa shape index (κ1) is 13.6. The van der Waals surface area contributed by atoms with Crippen LogP contribution in [0, 0.1) is 12.7 Å². The molecule has 0 spiro atoms. The number of phenols is 1. The van der Waals surface area contributed by atoms with Crippen LogP contribution >= 0.6 is 11.6 Å². The van der Waals surface area contributed by atoms with E-state index < -0.39 is 23.6 Å². The highest BCUT2D eigenvalue weighted by molar-refractivity contribution is 6.31. The van der Waals surface area contributed by atoms with E-state index in [1.165, 1.54) is 19.1 Å². The molecule has 0 fully saturated rings. The summed E-state index contributed by atoms with van der Waals surface area (Å²) in [5.74, 6) is -2.68. The summed E-state index contributed by atoms with van der Waals surface area (Å²) in [6.45, 7) is 1.54. The summed E-state index contributed by atoms with van der Waals surface area (Å²) in [6.07, 6.45) is -1.87. The Hall–Kier alpha value is -1.85. The zero-order valence-corrected chi connectivity index (χ0v) is 10.6. The lowest BCUT2D eigenvalue weighted by atomic mass is 9.96. The van der Waals surface area contributed by atoms with Crippen LogP contribution in [0.5, 0.6) is 5.75 Å². The third-order valence-corrected chi connectivity index (χ3v) is 3.20. The first-order chi connectivity index (χ1) is 8.82. The van der Waals surface area contributed by atoms with E-state index in [0.29, 0.717) is 10.9 Å². The van der Waals surface area contributed by atoms with Gasteiger partial charge >= 0.3 is 5.97 Å². The molecule has 0 bridgehead atoms. The second-order valence-corrected chi connectivity index (χ2v) is 4.59. The average Bonchev–Trinajstić information content (AvgIpc) is 2.32. The summed E-state index contributed by atoms with van der Waals surface area (Å²) >= 11 is 5.64. The maximum absolute atomic E-state index is 13.4. The lowest BCUT2D eigenvalue weighted by molar-refractivity contribution is -0.147. The molecule has 0 aliphatic rings. The van der Waals surface area contributed by atoms with Gasteiger partial charge in [-0.1, -0.05) is 17.7 Å². The lowest BCUT2D eigenvalue weighted by Gasteiger charge is -2.14. The minimum Gasteiger partial charge on any atom is -0.507 e. The number of hydrogen-bond donors (Lipinski definition) is 3. The summed E-state index contributed by atoms with van der Waals surface area (Å²) < 4.78 is 13.4. The quantitative estimate of drug-likeness (QED) is 0.792. The van der Waals surface area contributed by atoms with E-state index in [4.69, 9.17) is 16.7 Å². The fourth-order valence-electron chi connectivity index (χ4n) is 2.00. The maximum atomic E-state index is 13.4. The Balaban J connectivity index is 2.81. The molecule has 100 valence electrons. The molecule has 19 heavy (non-hydrogen) atoms. The molecule has 0 aromatic heterocycles. The summed E-state index contributed by atoms with van der Waals surface area (Å²) in [5, 5.41) is 28.9. The fraction of sp³-hybridized carbons (Fsp3) is 0.154. The van der Waals surface area contributed by atoms with E-state index in [9.17, 15) is 19.4 Å². The average molecular weight is 285 g/mol. The van der Waals surface area contributed by atoms with Crippen LogP contribution in [0.2, 0.25) is 5.02 Å². The Bertz CT molecular complexity index is 684. The van der Waals surface area contributed by atoms with E-state index >= 15 is 0 Å². The summed E-state index contributed by atoms with van der Waals surface area (Å²) in [5.41, 5.74) is 0.226. The highest BCUT2D eigenvalue weighted by atomic mass is 35.5. The van der Waals surface area contributed by atoms with Crippen LogP contribution in [0.4, 0.5) is 4.39 Å². The summed E-state index contributed by atoms with van der Waals surface area (Å²) in [7, 11) is 0. The zero-order chi connectivity index (χ0) is 14.3. The smallest absolute Gasteiger partial charge is 0.337 e. The molecule has 0 aliphatic heterocycles. The largest absolute Gasteiger partial charge is 0.507 e. The van der Waals surface area contributed by atoms with E-state index in [-0.39, 0.29) is 16.0 Å². The van der Waals surface area contributed by atoms with Gasteiger partial charge in [-0.25, -0.2) is 9.18 Å². The summed E-state index contributed by atoms with van der Waals surface area (Å²) in [4.78, 5) is 10.8. The van der Waals surface area contributed by atoms with Gasteiger partial charge in [-0.05, 0) is 30.0 Å². The van der Waals surface area contributed by atoms with Crippen molar-refractivity contribution in [3.8, 4) is 5.75 Å². The number of carboxylic acids is 1. The molecule has 0 heterocycles. The Morgan fingerprint density at radius 3 is 2.58 bits per heavy atom. The van der Waals surface area contributed by atoms with Crippen molar-refractivity contribution in [2.45, 2.75) is 13.0 Å². The van der Waals surface area contributed by atoms with Crippen LogP contribution in [0.3, 0.4) is 0 Å². The Morgan fingerprint density at radius 1 is 1.37 bits per heavy atom. The van der Waals surface area contributed by atoms with Crippen LogP contribution in [-0.4, -0.2) is 21.3 Å². The second kappa shape index (κ2) is 4.68. The van der Waals surface area contributed by atoms with Crippen molar-refractivity contribution < 1.29 is 24.5 Å². The van der Waals surface area contributed by atoms with Crippen LogP contribution < -0.4 is 0 Å². The molecule has 2 aromatic rings. The molecule has 2 rings (SSSR count). The number of aliphatic hydroxyl groups excluding tert-OH is 1. The number of rotatable bonds is 2. The van der Waals surface area contributed by atoms with Gasteiger partial charge in [0.15, 0.2) is 6.10 Å². The predicted octanol–water partition coefficient (Wildman–Crippen LogP) is 2.76. The lowest BCUT2D eigenvalue weighted by Crippen LogP contribution is -2.12. The number of phenolic OH excluding ortho intramolecular Hbond substituents is 1. The molecule has 1 unspecified atom stereocenters. The van der Waals surface area contributed by atoms with Crippen LogP contribution in [0.15, 0.2) is 18.2 Å². The van der Waals surface area contributed by atoms with Gasteiger partial charge in [-0.3, -0.25) is 0 Å². The molecule has 1 atom stereocenters. The highest BCUT2D eigenvalue weighted by Crippen LogP contribution is 2.37. The van der Waals surface area contributed by atoms with E-state index in [1.807, 2.05) is 0 Å². The van der Waals surface area contributed by atoms with Gasteiger partial charge in [0.05, 0.1) is 5.02 Å². The van der Waals surface area contributed by atoms with Gasteiger partial charge in [-0.15, -0.1) is 0 Å². The number of benzene rings is 2. The van der Waals surface area contributed by atoms with Gasteiger partial charge in [0, 0.05) is 10.9 Å². The molecule has 4 nitrogen and oxygen atoms in total. The first-order valence-electron chi connectivity index (χ1n) is 5.35. The van der Waals surface area contributed by atoms with Gasteiger partial charge in [-0.2, -0.15) is 0 Å². The SMILES string of the molecule is Cc1cc2cc(Cl)c(F)cc2c(O)c1C(O)C(=O)O. The molecule has 0 saturated carbocycles. The van der Waals surface area contributed by atoms with Crippen molar-refractivity contribution in [2.24, 2.45) is 0 Å². The third kappa shape index (κ3) is 2.22. The molecule has 3 N–H and O–H groups in total. The molecular formula is C13H10ClFO4. The number of aliphatic carboxylic acids is 1. The number of aliphatic hydroxyl groups is 1. The topological polar surface area (TPSA) is 77.8 Å². The second-order valence-electron chi connectivity index (χ2n) is 4.18.